The standard InChI is InChI=1S/C39H37N5O6S/c1-6-24-18(2)27-16-32-36(34(46)17-51-23-9-7-22(8-10-23)44(49)50)20(4)29(41-32)14-28-19(3)25(11-12-35(47)48)38(42-28)26-13-33(45)37-21(5)30(43-39(26)37)15-31(24)40-27/h7-10,14-16,19,25,42,46H,6,11-13,17H2,1-5H3,(H,47,48)/b27-16?,28-14?,30-15?,36-34-,38-26?/t19-,25-/m0/s1. The third kappa shape index (κ3) is 5.97. The van der Waals surface area contributed by atoms with E-state index in [1.807, 2.05) is 39.0 Å². The van der Waals surface area contributed by atoms with Gasteiger partial charge in [0.1, 0.15) is 5.76 Å². The Morgan fingerprint density at radius 3 is 2.39 bits per heavy atom. The van der Waals surface area contributed by atoms with Gasteiger partial charge in [0.05, 0.1) is 44.9 Å². The molecular weight excluding hydrogens is 667 g/mol. The van der Waals surface area contributed by atoms with Gasteiger partial charge in [-0.15, -0.1) is 11.8 Å². The van der Waals surface area contributed by atoms with E-state index in [4.69, 9.17) is 15.0 Å². The summed E-state index contributed by atoms with van der Waals surface area (Å²) >= 11 is 1.36. The average Bonchev–Trinajstić information content (AvgIpc) is 3.85. The number of allylic oxidation sites excluding steroid dienone is 12. The van der Waals surface area contributed by atoms with Gasteiger partial charge in [-0.05, 0) is 86.3 Å². The van der Waals surface area contributed by atoms with E-state index in [-0.39, 0.29) is 47.7 Å². The number of hydrogen-bond acceptors (Lipinski definition) is 10. The van der Waals surface area contributed by atoms with Crippen molar-refractivity contribution >= 4 is 46.3 Å². The Bertz CT molecular complexity index is 2200. The van der Waals surface area contributed by atoms with E-state index in [2.05, 4.69) is 19.2 Å². The molecule has 0 spiro atoms. The number of non-ortho nitro benzene ring substituents is 1. The first-order valence-corrected chi connectivity index (χ1v) is 17.9. The minimum absolute atomic E-state index is 0.000968. The molecule has 0 unspecified atom stereocenters. The monoisotopic (exact) mass is 703 g/mol. The number of thioether (sulfide) groups is 1. The van der Waals surface area contributed by atoms with Crippen LogP contribution in [0.2, 0.25) is 0 Å². The predicted octanol–water partition coefficient (Wildman–Crippen LogP) is 7.79. The number of benzene rings is 1. The Morgan fingerprint density at radius 2 is 1.71 bits per heavy atom. The number of rotatable bonds is 8. The highest BCUT2D eigenvalue weighted by Crippen LogP contribution is 2.45. The molecule has 1 aromatic carbocycles. The molecule has 5 aliphatic heterocycles. The second-order valence-corrected chi connectivity index (χ2v) is 14.4. The summed E-state index contributed by atoms with van der Waals surface area (Å²) in [6.07, 6.45) is 7.07. The Labute approximate surface area is 299 Å². The number of aliphatic imine (C=N–C) groups is 3. The molecule has 6 aliphatic rings. The molecule has 1 aromatic rings. The summed E-state index contributed by atoms with van der Waals surface area (Å²) in [5.41, 5.74) is 11.3. The number of aliphatic hydroxyl groups excluding tert-OH is 1. The van der Waals surface area contributed by atoms with E-state index in [1.54, 1.807) is 12.1 Å². The fraction of sp³-hybridized carbons (Fsp3) is 0.308. The van der Waals surface area contributed by atoms with Gasteiger partial charge < -0.3 is 15.5 Å². The predicted molar refractivity (Wildman–Crippen MR) is 198 cm³/mol. The summed E-state index contributed by atoms with van der Waals surface area (Å²) in [7, 11) is 0. The number of Topliss-reactive ketones (excluding diaryl/α,β-unsaturated/α-hetero) is 1. The highest BCUT2D eigenvalue weighted by molar-refractivity contribution is 7.99. The van der Waals surface area contributed by atoms with Gasteiger partial charge >= 0.3 is 5.97 Å². The van der Waals surface area contributed by atoms with Gasteiger partial charge in [-0.2, -0.15) is 0 Å². The Morgan fingerprint density at radius 1 is 1.00 bits per heavy atom. The lowest BCUT2D eigenvalue weighted by atomic mass is 9.86. The minimum Gasteiger partial charge on any atom is -0.511 e. The molecule has 1 saturated heterocycles. The maximum Gasteiger partial charge on any atom is 0.303 e. The van der Waals surface area contributed by atoms with Crippen LogP contribution in [0, 0.1) is 22.0 Å². The number of carboxylic acids is 1. The molecule has 0 amide bonds. The maximum atomic E-state index is 13.5. The fourth-order valence-corrected chi connectivity index (χ4v) is 8.39. The molecule has 12 heteroatoms. The van der Waals surface area contributed by atoms with Crippen LogP contribution in [0.5, 0.6) is 0 Å². The van der Waals surface area contributed by atoms with E-state index in [0.29, 0.717) is 40.4 Å². The second-order valence-electron chi connectivity index (χ2n) is 13.4. The normalized spacial score (nSPS) is 23.4. The first-order chi connectivity index (χ1) is 24.4. The van der Waals surface area contributed by atoms with Gasteiger partial charge in [-0.25, -0.2) is 15.0 Å². The molecule has 3 N–H and O–H groups in total. The van der Waals surface area contributed by atoms with Crippen LogP contribution in [-0.4, -0.2) is 49.8 Å². The van der Waals surface area contributed by atoms with Crippen LogP contribution in [0.3, 0.4) is 0 Å². The summed E-state index contributed by atoms with van der Waals surface area (Å²) in [6.45, 7) is 9.97. The van der Waals surface area contributed by atoms with Crippen molar-refractivity contribution in [3.8, 4) is 0 Å². The molecule has 1 aliphatic carbocycles. The number of ketones is 1. The van der Waals surface area contributed by atoms with Crippen LogP contribution in [0.4, 0.5) is 5.69 Å². The van der Waals surface area contributed by atoms with E-state index >= 15 is 0 Å². The lowest BCUT2D eigenvalue weighted by molar-refractivity contribution is -0.384. The van der Waals surface area contributed by atoms with Crippen molar-refractivity contribution in [1.29, 1.82) is 0 Å². The van der Waals surface area contributed by atoms with Gasteiger partial charge in [0.2, 0.25) is 0 Å². The van der Waals surface area contributed by atoms with Crippen molar-refractivity contribution in [3.63, 3.8) is 0 Å². The lowest BCUT2D eigenvalue weighted by Gasteiger charge is -2.16. The number of nitrogens with one attached hydrogen (secondary N) is 1. The third-order valence-electron chi connectivity index (χ3n) is 10.4. The second kappa shape index (κ2) is 13.1. The zero-order valence-electron chi connectivity index (χ0n) is 29.0. The van der Waals surface area contributed by atoms with Gasteiger partial charge in [0.25, 0.3) is 5.69 Å². The van der Waals surface area contributed by atoms with Crippen LogP contribution in [-0.2, 0) is 9.59 Å². The zero-order valence-corrected chi connectivity index (χ0v) is 29.8. The molecule has 8 bridgehead atoms. The smallest absolute Gasteiger partial charge is 0.303 e. The quantitative estimate of drug-likeness (QED) is 0.107. The number of carbonyl (C=O) groups excluding carboxylic acids is 1. The number of nitro groups is 1. The third-order valence-corrected chi connectivity index (χ3v) is 11.4. The van der Waals surface area contributed by atoms with E-state index in [0.717, 1.165) is 62.0 Å². The van der Waals surface area contributed by atoms with E-state index < -0.39 is 10.9 Å². The molecule has 2 atom stereocenters. The highest BCUT2D eigenvalue weighted by Gasteiger charge is 2.43. The highest BCUT2D eigenvalue weighted by atomic mass is 32.2. The number of fused-ring (bicyclic) bond motifs is 5. The number of carboxylic acid groups (broad SMARTS) is 1. The molecule has 0 radical (unpaired) electrons. The van der Waals surface area contributed by atoms with E-state index in [1.165, 1.54) is 23.9 Å². The summed E-state index contributed by atoms with van der Waals surface area (Å²) in [5, 5.41) is 36.0. The molecule has 11 nitrogen and oxygen atoms in total. The van der Waals surface area contributed by atoms with Crippen LogP contribution < -0.4 is 5.32 Å². The van der Waals surface area contributed by atoms with Gasteiger partial charge in [0, 0.05) is 69.8 Å². The topological polar surface area (TPSA) is 167 Å². The van der Waals surface area contributed by atoms with Crippen molar-refractivity contribution in [2.24, 2.45) is 26.8 Å². The average molecular weight is 704 g/mol. The van der Waals surface area contributed by atoms with Crippen molar-refractivity contribution in [1.82, 2.24) is 5.32 Å². The number of nitro benzene ring substituents is 1. The van der Waals surface area contributed by atoms with Crippen LogP contribution >= 0.6 is 11.8 Å². The first-order valence-electron chi connectivity index (χ1n) is 17.0. The van der Waals surface area contributed by atoms with Gasteiger partial charge in [-0.1, -0.05) is 13.8 Å². The Hall–Kier alpha value is -5.36. The number of carbonyl (C=O) groups is 2. The fourth-order valence-electron chi connectivity index (χ4n) is 7.62. The molecule has 7 rings (SSSR count). The van der Waals surface area contributed by atoms with Crippen molar-refractivity contribution in [3.05, 3.63) is 126 Å². The molecule has 1 saturated carbocycles. The van der Waals surface area contributed by atoms with Crippen molar-refractivity contribution < 1.29 is 24.7 Å². The SMILES string of the molecule is CCC1=C(C)C2=CC3=NC(=C(C)/C3=C(/O)CSc3ccc([N+](=O)[O-])cc3)C=C3NC(=C4CC(=O)C5=C(C)C(=CC1=N2)N=C45)[C@@H](CCC(=O)O)[C@@H]3C. The first kappa shape index (κ1) is 34.1. The maximum absolute atomic E-state index is 13.5. The molecule has 51 heavy (non-hydrogen) atoms. The Kier molecular flexibility index (Phi) is 8.74. The number of hydrogen-bond donors (Lipinski definition) is 3. The summed E-state index contributed by atoms with van der Waals surface area (Å²) in [4.78, 5) is 51.8. The molecule has 0 aromatic heterocycles. The Balaban J connectivity index is 1.39. The molecule has 2 fully saturated rings. The number of aliphatic hydroxyl groups is 1. The van der Waals surface area contributed by atoms with E-state index in [9.17, 15) is 29.9 Å². The zero-order chi connectivity index (χ0) is 36.3. The van der Waals surface area contributed by atoms with Gasteiger partial charge in [-0.3, -0.25) is 19.7 Å². The number of aliphatic carboxylic acids is 1. The summed E-state index contributed by atoms with van der Waals surface area (Å²) < 4.78 is 0. The largest absolute Gasteiger partial charge is 0.511 e. The van der Waals surface area contributed by atoms with Crippen LogP contribution in [0.15, 0.2) is 136 Å². The summed E-state index contributed by atoms with van der Waals surface area (Å²) in [5.74, 6) is -0.869. The lowest BCUT2D eigenvalue weighted by Crippen LogP contribution is -2.14. The van der Waals surface area contributed by atoms with Crippen molar-refractivity contribution in [2.45, 2.75) is 65.2 Å². The summed E-state index contributed by atoms with van der Waals surface area (Å²) in [6, 6.07) is 6.21. The van der Waals surface area contributed by atoms with Gasteiger partial charge in [0.15, 0.2) is 5.78 Å². The van der Waals surface area contributed by atoms with Crippen molar-refractivity contribution in [2.75, 3.05) is 5.75 Å². The molecule has 5 heterocycles. The minimum atomic E-state index is -0.885. The van der Waals surface area contributed by atoms with Crippen LogP contribution in [0.1, 0.15) is 60.3 Å². The van der Waals surface area contributed by atoms with Crippen LogP contribution in [0.25, 0.3) is 0 Å². The number of nitrogens with zero attached hydrogens (tertiary/aromatic N) is 4. The molecular formula is C39H37N5O6S. The molecule has 260 valence electrons.